The van der Waals surface area contributed by atoms with E-state index in [9.17, 15) is 9.90 Å². The van der Waals surface area contributed by atoms with Crippen molar-refractivity contribution in [3.05, 3.63) is 83.3 Å². The summed E-state index contributed by atoms with van der Waals surface area (Å²) in [5.74, 6) is -0.654. The van der Waals surface area contributed by atoms with E-state index in [0.29, 0.717) is 18.4 Å². The van der Waals surface area contributed by atoms with E-state index in [1.54, 1.807) is 0 Å². The van der Waals surface area contributed by atoms with Gasteiger partial charge >= 0.3 is 5.97 Å². The average molecular weight is 373 g/mol. The Bertz CT molecular complexity index is 1020. The first-order valence-electron chi connectivity index (χ1n) is 9.97. The molecule has 28 heavy (non-hydrogen) atoms. The molecule has 0 bridgehead atoms. The lowest BCUT2D eigenvalue weighted by Gasteiger charge is -2.31. The number of aromatic amines is 1. The van der Waals surface area contributed by atoms with Crippen molar-refractivity contribution in [2.45, 2.75) is 43.6 Å². The molecule has 2 N–H and O–H groups in total. The number of ether oxygens (including phenoxy) is 1. The molecule has 4 nitrogen and oxygen atoms in total. The molecule has 3 aromatic rings. The van der Waals surface area contributed by atoms with Crippen LogP contribution < -0.4 is 0 Å². The number of H-pyrrole nitrogens is 1. The standard InChI is InChI=1S/C24H23NO3/c26-22-21(23(27)28-24(22)13-7-2-8-14-24)20(16-9-3-1-4-10-16)19-15-17-11-5-6-12-18(17)25-19/h1,3-6,9-12,15,20,25-26H,2,7-8,13-14H2. The maximum Gasteiger partial charge on any atom is 0.339 e. The molecule has 1 aliphatic heterocycles. The number of fused-ring (bicyclic) bond motifs is 1. The number of aliphatic hydroxyl groups is 1. The van der Waals surface area contributed by atoms with Crippen molar-refractivity contribution in [3.8, 4) is 0 Å². The first-order valence-corrected chi connectivity index (χ1v) is 9.97. The molecule has 2 aliphatic rings. The molecule has 142 valence electrons. The summed E-state index contributed by atoms with van der Waals surface area (Å²) >= 11 is 0. The third-order valence-electron chi connectivity index (χ3n) is 6.14. The zero-order chi connectivity index (χ0) is 19.1. The summed E-state index contributed by atoms with van der Waals surface area (Å²) in [6.07, 6.45) is 4.44. The maximum absolute atomic E-state index is 13.0. The van der Waals surface area contributed by atoms with Crippen molar-refractivity contribution in [2.75, 3.05) is 0 Å². The maximum atomic E-state index is 13.0. The molecule has 0 radical (unpaired) electrons. The van der Waals surface area contributed by atoms with E-state index in [2.05, 4.69) is 11.1 Å². The van der Waals surface area contributed by atoms with Crippen molar-refractivity contribution in [1.29, 1.82) is 0 Å². The predicted octanol–water partition coefficient (Wildman–Crippen LogP) is 5.37. The summed E-state index contributed by atoms with van der Waals surface area (Å²) in [7, 11) is 0. The first kappa shape index (κ1) is 17.1. The van der Waals surface area contributed by atoms with Gasteiger partial charge in [0.2, 0.25) is 0 Å². The fourth-order valence-corrected chi connectivity index (χ4v) is 4.74. The monoisotopic (exact) mass is 373 g/mol. The van der Waals surface area contributed by atoms with Crippen molar-refractivity contribution in [1.82, 2.24) is 4.98 Å². The van der Waals surface area contributed by atoms with Gasteiger partial charge in [0.05, 0.1) is 11.5 Å². The Kier molecular flexibility index (Phi) is 4.00. The van der Waals surface area contributed by atoms with Gasteiger partial charge in [0.1, 0.15) is 5.76 Å². The number of aromatic nitrogens is 1. The van der Waals surface area contributed by atoms with Crippen LogP contribution in [-0.2, 0) is 9.53 Å². The highest BCUT2D eigenvalue weighted by Crippen LogP contribution is 2.47. The Balaban J connectivity index is 1.69. The molecule has 1 unspecified atom stereocenters. The number of hydrogen-bond donors (Lipinski definition) is 2. The smallest absolute Gasteiger partial charge is 0.339 e. The van der Waals surface area contributed by atoms with Gasteiger partial charge in [0.15, 0.2) is 5.60 Å². The molecule has 4 heteroatoms. The minimum Gasteiger partial charge on any atom is -0.507 e. The zero-order valence-corrected chi connectivity index (χ0v) is 15.7. The fraction of sp³-hybridized carbons (Fsp3) is 0.292. The number of nitrogens with one attached hydrogen (secondary N) is 1. The lowest BCUT2D eigenvalue weighted by Crippen LogP contribution is -2.34. The van der Waals surface area contributed by atoms with Gasteiger partial charge in [-0.1, -0.05) is 55.0 Å². The summed E-state index contributed by atoms with van der Waals surface area (Å²) in [5, 5.41) is 12.3. The zero-order valence-electron chi connectivity index (χ0n) is 15.7. The quantitative estimate of drug-likeness (QED) is 0.607. The second-order valence-corrected chi connectivity index (χ2v) is 7.86. The number of benzene rings is 2. The largest absolute Gasteiger partial charge is 0.507 e. The third-order valence-corrected chi connectivity index (χ3v) is 6.14. The van der Waals surface area contributed by atoms with Crippen molar-refractivity contribution < 1.29 is 14.6 Å². The molecule has 2 heterocycles. The Morgan fingerprint density at radius 1 is 0.964 bits per heavy atom. The number of hydrogen-bond acceptors (Lipinski definition) is 3. The van der Waals surface area contributed by atoms with Gasteiger partial charge in [-0.15, -0.1) is 0 Å². The van der Waals surface area contributed by atoms with Gasteiger partial charge in [0, 0.05) is 11.2 Å². The van der Waals surface area contributed by atoms with Gasteiger partial charge in [0.25, 0.3) is 0 Å². The number of aliphatic hydroxyl groups excluding tert-OH is 1. The van der Waals surface area contributed by atoms with Crippen LogP contribution in [0.25, 0.3) is 10.9 Å². The summed E-state index contributed by atoms with van der Waals surface area (Å²) < 4.78 is 5.84. The van der Waals surface area contributed by atoms with Crippen LogP contribution in [0.1, 0.15) is 49.3 Å². The topological polar surface area (TPSA) is 62.3 Å². The molecule has 1 aliphatic carbocycles. The van der Waals surface area contributed by atoms with Crippen LogP contribution in [0.4, 0.5) is 0 Å². The number of rotatable bonds is 3. The van der Waals surface area contributed by atoms with E-state index in [1.807, 2.05) is 54.6 Å². The van der Waals surface area contributed by atoms with E-state index in [0.717, 1.165) is 41.4 Å². The molecule has 1 atom stereocenters. The molecule has 5 rings (SSSR count). The molecule has 0 saturated heterocycles. The van der Waals surface area contributed by atoms with Crippen molar-refractivity contribution in [3.63, 3.8) is 0 Å². The van der Waals surface area contributed by atoms with Crippen LogP contribution >= 0.6 is 0 Å². The summed E-state index contributed by atoms with van der Waals surface area (Å²) in [6, 6.07) is 20.0. The van der Waals surface area contributed by atoms with E-state index in [4.69, 9.17) is 4.74 Å². The summed E-state index contributed by atoms with van der Waals surface area (Å²) in [4.78, 5) is 16.5. The molecule has 2 aromatic carbocycles. The number of para-hydroxylation sites is 1. The highest BCUT2D eigenvalue weighted by Gasteiger charge is 2.51. The van der Waals surface area contributed by atoms with Gasteiger partial charge in [-0.2, -0.15) is 0 Å². The third kappa shape index (κ3) is 2.63. The number of carbonyl (C=O) groups is 1. The Labute approximate surface area is 163 Å². The molecule has 1 aromatic heterocycles. The van der Waals surface area contributed by atoms with Gasteiger partial charge < -0.3 is 14.8 Å². The van der Waals surface area contributed by atoms with Gasteiger partial charge in [-0.25, -0.2) is 4.79 Å². The second-order valence-electron chi connectivity index (χ2n) is 7.86. The van der Waals surface area contributed by atoms with E-state index < -0.39 is 11.6 Å². The minimum absolute atomic E-state index is 0.129. The highest BCUT2D eigenvalue weighted by molar-refractivity contribution is 5.95. The Morgan fingerprint density at radius 2 is 1.68 bits per heavy atom. The Morgan fingerprint density at radius 3 is 2.43 bits per heavy atom. The summed E-state index contributed by atoms with van der Waals surface area (Å²) in [6.45, 7) is 0. The van der Waals surface area contributed by atoms with Crippen molar-refractivity contribution >= 4 is 16.9 Å². The molecule has 1 fully saturated rings. The fourth-order valence-electron chi connectivity index (χ4n) is 4.74. The van der Waals surface area contributed by atoms with E-state index >= 15 is 0 Å². The molecule has 0 amide bonds. The van der Waals surface area contributed by atoms with Crippen LogP contribution in [0.2, 0.25) is 0 Å². The lowest BCUT2D eigenvalue weighted by atomic mass is 9.80. The molecule has 1 spiro atoms. The van der Waals surface area contributed by atoms with Crippen LogP contribution in [0.3, 0.4) is 0 Å². The average Bonchev–Trinajstić information content (AvgIpc) is 3.24. The number of esters is 1. The van der Waals surface area contributed by atoms with Crippen LogP contribution in [0.15, 0.2) is 72.0 Å². The van der Waals surface area contributed by atoms with Gasteiger partial charge in [-0.05, 0) is 48.8 Å². The van der Waals surface area contributed by atoms with Gasteiger partial charge in [-0.3, -0.25) is 0 Å². The predicted molar refractivity (Wildman–Crippen MR) is 108 cm³/mol. The highest BCUT2D eigenvalue weighted by atomic mass is 16.6. The molecular formula is C24H23NO3. The Hall–Kier alpha value is -3.01. The second kappa shape index (κ2) is 6.55. The van der Waals surface area contributed by atoms with Crippen LogP contribution in [0, 0.1) is 0 Å². The van der Waals surface area contributed by atoms with Crippen LogP contribution in [0.5, 0.6) is 0 Å². The molecule has 1 saturated carbocycles. The normalized spacial score (nSPS) is 19.9. The lowest BCUT2D eigenvalue weighted by molar-refractivity contribution is -0.151. The van der Waals surface area contributed by atoms with Crippen LogP contribution in [-0.4, -0.2) is 21.7 Å². The van der Waals surface area contributed by atoms with Crippen molar-refractivity contribution in [2.24, 2.45) is 0 Å². The SMILES string of the molecule is O=C1OC2(CCCCC2)C(O)=C1C(c1ccccc1)c1cc2ccccc2[nH]1. The summed E-state index contributed by atoms with van der Waals surface area (Å²) in [5.41, 5.74) is 2.40. The molecular weight excluding hydrogens is 350 g/mol. The number of carbonyl (C=O) groups excluding carboxylic acids is 1. The minimum atomic E-state index is -0.830. The first-order chi connectivity index (χ1) is 13.7. The van der Waals surface area contributed by atoms with E-state index in [-0.39, 0.29) is 11.7 Å². The van der Waals surface area contributed by atoms with E-state index in [1.165, 1.54) is 0 Å².